The number of amides is 1. The molecule has 1 saturated heterocycles. The molecule has 0 aromatic heterocycles. The quantitative estimate of drug-likeness (QED) is 0.814. The lowest BCUT2D eigenvalue weighted by molar-refractivity contribution is -0.118. The first-order chi connectivity index (χ1) is 12.6. The van der Waals surface area contributed by atoms with Gasteiger partial charge in [-0.1, -0.05) is 41.4 Å². The molecule has 1 unspecified atom stereocenters. The summed E-state index contributed by atoms with van der Waals surface area (Å²) in [6, 6.07) is 13.0. The number of piperazine rings is 1. The van der Waals surface area contributed by atoms with Crippen LogP contribution in [0.15, 0.2) is 42.5 Å². The fourth-order valence-electron chi connectivity index (χ4n) is 3.15. The first-order valence-corrected chi connectivity index (χ1v) is 9.16. The summed E-state index contributed by atoms with van der Waals surface area (Å²) in [5, 5.41) is 7.23. The molecule has 1 atom stereocenters. The highest BCUT2D eigenvalue weighted by atomic mass is 35.5. The van der Waals surface area contributed by atoms with Crippen molar-refractivity contribution in [2.75, 3.05) is 38.6 Å². The molecule has 1 amide bonds. The van der Waals surface area contributed by atoms with Crippen LogP contribution >= 0.6 is 23.2 Å². The second-order valence-corrected chi connectivity index (χ2v) is 6.95. The number of ether oxygens (including phenoxy) is 1. The van der Waals surface area contributed by atoms with Crippen molar-refractivity contribution in [3.05, 3.63) is 58.1 Å². The molecule has 2 aromatic carbocycles. The van der Waals surface area contributed by atoms with Gasteiger partial charge in [0.2, 0.25) is 5.91 Å². The minimum atomic E-state index is -0.129. The van der Waals surface area contributed by atoms with E-state index in [1.54, 1.807) is 25.3 Å². The van der Waals surface area contributed by atoms with Crippen LogP contribution in [0.3, 0.4) is 0 Å². The third-order valence-electron chi connectivity index (χ3n) is 4.40. The van der Waals surface area contributed by atoms with E-state index in [2.05, 4.69) is 15.5 Å². The Morgan fingerprint density at radius 2 is 2.12 bits per heavy atom. The predicted octanol–water partition coefficient (Wildman–Crippen LogP) is 3.59. The number of halogens is 2. The Morgan fingerprint density at radius 1 is 1.31 bits per heavy atom. The van der Waals surface area contributed by atoms with Crippen LogP contribution in [0.2, 0.25) is 10.0 Å². The molecular weight excluding hydrogens is 373 g/mol. The van der Waals surface area contributed by atoms with E-state index in [0.29, 0.717) is 15.7 Å². The molecule has 2 N–H and O–H groups in total. The van der Waals surface area contributed by atoms with Crippen LogP contribution in [-0.4, -0.2) is 44.1 Å². The zero-order valence-corrected chi connectivity index (χ0v) is 16.0. The zero-order chi connectivity index (χ0) is 18.5. The van der Waals surface area contributed by atoms with Crippen molar-refractivity contribution in [1.82, 2.24) is 10.2 Å². The number of nitrogens with zero attached hydrogens (tertiary/aromatic N) is 1. The zero-order valence-electron chi connectivity index (χ0n) is 14.5. The number of hydrogen-bond acceptors (Lipinski definition) is 4. The number of carbonyl (C=O) groups is 1. The van der Waals surface area contributed by atoms with Gasteiger partial charge in [-0.3, -0.25) is 9.69 Å². The van der Waals surface area contributed by atoms with Crippen molar-refractivity contribution in [2.45, 2.75) is 6.04 Å². The van der Waals surface area contributed by atoms with Crippen LogP contribution in [0, 0.1) is 0 Å². The van der Waals surface area contributed by atoms with Gasteiger partial charge in [0, 0.05) is 30.2 Å². The summed E-state index contributed by atoms with van der Waals surface area (Å²) >= 11 is 12.1. The van der Waals surface area contributed by atoms with Gasteiger partial charge in [0.15, 0.2) is 0 Å². The van der Waals surface area contributed by atoms with Crippen LogP contribution in [-0.2, 0) is 4.79 Å². The van der Waals surface area contributed by atoms with Crippen molar-refractivity contribution < 1.29 is 9.53 Å². The normalized spacial score (nSPS) is 17.7. The third kappa shape index (κ3) is 4.48. The van der Waals surface area contributed by atoms with E-state index in [1.807, 2.05) is 24.3 Å². The number of nitrogens with one attached hydrogen (secondary N) is 2. The number of rotatable bonds is 5. The van der Waals surface area contributed by atoms with Crippen LogP contribution in [0.5, 0.6) is 5.75 Å². The van der Waals surface area contributed by atoms with E-state index in [0.717, 1.165) is 30.9 Å². The smallest absolute Gasteiger partial charge is 0.238 e. The Bertz CT molecular complexity index is 785. The molecule has 0 radical (unpaired) electrons. The number of anilines is 1. The summed E-state index contributed by atoms with van der Waals surface area (Å²) in [5.41, 5.74) is 1.59. The Balaban J connectivity index is 1.74. The molecule has 7 heteroatoms. The molecule has 1 heterocycles. The number of hydrogen-bond donors (Lipinski definition) is 2. The molecule has 3 rings (SSSR count). The van der Waals surface area contributed by atoms with E-state index in [9.17, 15) is 4.79 Å². The lowest BCUT2D eigenvalue weighted by atomic mass is 10.0. The number of benzene rings is 2. The van der Waals surface area contributed by atoms with Gasteiger partial charge in [-0.15, -0.1) is 0 Å². The molecule has 1 aliphatic rings. The number of para-hydroxylation sites is 1. The van der Waals surface area contributed by atoms with Crippen LogP contribution in [0.1, 0.15) is 11.6 Å². The van der Waals surface area contributed by atoms with Crippen molar-refractivity contribution in [3.8, 4) is 5.75 Å². The molecule has 1 fully saturated rings. The average Bonchev–Trinajstić information content (AvgIpc) is 2.65. The summed E-state index contributed by atoms with van der Waals surface area (Å²) in [6.07, 6.45) is 0. The molecule has 138 valence electrons. The van der Waals surface area contributed by atoms with E-state index in [4.69, 9.17) is 27.9 Å². The van der Waals surface area contributed by atoms with E-state index >= 15 is 0 Å². The highest BCUT2D eigenvalue weighted by Gasteiger charge is 2.27. The summed E-state index contributed by atoms with van der Waals surface area (Å²) in [6.45, 7) is 2.61. The van der Waals surface area contributed by atoms with Gasteiger partial charge >= 0.3 is 0 Å². The van der Waals surface area contributed by atoms with Gasteiger partial charge in [0.05, 0.1) is 30.4 Å². The van der Waals surface area contributed by atoms with E-state index < -0.39 is 0 Å². The Kier molecular flexibility index (Phi) is 6.38. The highest BCUT2D eigenvalue weighted by molar-refractivity contribution is 6.35. The topological polar surface area (TPSA) is 53.6 Å². The SMILES string of the molecule is COc1ccccc1C1CNCCN1CC(=O)Nc1cc(Cl)ccc1Cl. The monoisotopic (exact) mass is 393 g/mol. The second-order valence-electron chi connectivity index (χ2n) is 6.10. The maximum atomic E-state index is 12.6. The fourth-order valence-corrected chi connectivity index (χ4v) is 3.49. The number of methoxy groups -OCH3 is 1. The molecule has 26 heavy (non-hydrogen) atoms. The molecule has 0 bridgehead atoms. The summed E-state index contributed by atoms with van der Waals surface area (Å²) in [4.78, 5) is 14.7. The Morgan fingerprint density at radius 3 is 2.92 bits per heavy atom. The van der Waals surface area contributed by atoms with Crippen molar-refractivity contribution in [2.24, 2.45) is 0 Å². The van der Waals surface area contributed by atoms with Crippen molar-refractivity contribution in [3.63, 3.8) is 0 Å². The molecule has 2 aromatic rings. The van der Waals surface area contributed by atoms with Gasteiger partial charge < -0.3 is 15.4 Å². The lowest BCUT2D eigenvalue weighted by Crippen LogP contribution is -2.48. The van der Waals surface area contributed by atoms with Gasteiger partial charge in [0.25, 0.3) is 0 Å². The maximum absolute atomic E-state index is 12.6. The number of carbonyl (C=O) groups excluding carboxylic acids is 1. The van der Waals surface area contributed by atoms with Crippen molar-refractivity contribution >= 4 is 34.8 Å². The van der Waals surface area contributed by atoms with Gasteiger partial charge in [-0.05, 0) is 24.3 Å². The Labute approximate surface area is 163 Å². The maximum Gasteiger partial charge on any atom is 0.238 e. The van der Waals surface area contributed by atoms with Crippen molar-refractivity contribution in [1.29, 1.82) is 0 Å². The molecule has 0 saturated carbocycles. The summed E-state index contributed by atoms with van der Waals surface area (Å²) in [5.74, 6) is 0.695. The summed E-state index contributed by atoms with van der Waals surface area (Å²) < 4.78 is 5.49. The third-order valence-corrected chi connectivity index (χ3v) is 4.97. The van der Waals surface area contributed by atoms with Crippen LogP contribution < -0.4 is 15.4 Å². The minimum Gasteiger partial charge on any atom is -0.496 e. The largest absolute Gasteiger partial charge is 0.496 e. The van der Waals surface area contributed by atoms with E-state index in [1.165, 1.54) is 0 Å². The lowest BCUT2D eigenvalue weighted by Gasteiger charge is -2.36. The first kappa shape index (κ1) is 19.0. The minimum absolute atomic E-state index is 0.0560. The van der Waals surface area contributed by atoms with E-state index in [-0.39, 0.29) is 18.5 Å². The van der Waals surface area contributed by atoms with Crippen LogP contribution in [0.25, 0.3) is 0 Å². The molecular formula is C19H21Cl2N3O2. The summed E-state index contributed by atoms with van der Waals surface area (Å²) in [7, 11) is 1.66. The first-order valence-electron chi connectivity index (χ1n) is 8.41. The predicted molar refractivity (Wildman–Crippen MR) is 105 cm³/mol. The molecule has 0 spiro atoms. The molecule has 0 aliphatic carbocycles. The van der Waals surface area contributed by atoms with Crippen LogP contribution in [0.4, 0.5) is 5.69 Å². The standard InChI is InChI=1S/C19H21Cl2N3O2/c1-26-18-5-3-2-4-14(18)17-11-22-8-9-24(17)12-19(25)23-16-10-13(20)6-7-15(16)21/h2-7,10,17,22H,8-9,11-12H2,1H3,(H,23,25). The average molecular weight is 394 g/mol. The fraction of sp³-hybridized carbons (Fsp3) is 0.316. The molecule has 5 nitrogen and oxygen atoms in total. The van der Waals surface area contributed by atoms with Gasteiger partial charge in [-0.2, -0.15) is 0 Å². The van der Waals surface area contributed by atoms with Gasteiger partial charge in [-0.25, -0.2) is 0 Å². The molecule has 1 aliphatic heterocycles. The Hall–Kier alpha value is -1.79. The highest BCUT2D eigenvalue weighted by Crippen LogP contribution is 2.30. The second kappa shape index (κ2) is 8.73. The van der Waals surface area contributed by atoms with Gasteiger partial charge in [0.1, 0.15) is 5.75 Å².